The van der Waals surface area contributed by atoms with Gasteiger partial charge in [-0.15, -0.1) is 0 Å². The first-order valence-corrected chi connectivity index (χ1v) is 7.72. The SMILES string of the molecule is CN1CCCN(C2CCCC2=O)C2NC(Cl)NCC21. The van der Waals surface area contributed by atoms with Gasteiger partial charge in [-0.1, -0.05) is 11.6 Å². The summed E-state index contributed by atoms with van der Waals surface area (Å²) in [6.45, 7) is 2.94. The first kappa shape index (κ1) is 13.8. The predicted octanol–water partition coefficient (Wildman–Crippen LogP) is 0.155. The third-order valence-electron chi connectivity index (χ3n) is 4.71. The molecular weight excluding hydrogens is 264 g/mol. The summed E-state index contributed by atoms with van der Waals surface area (Å²) in [7, 11) is 2.16. The molecule has 2 heterocycles. The maximum Gasteiger partial charge on any atom is 0.150 e. The fourth-order valence-corrected chi connectivity index (χ4v) is 3.89. The zero-order valence-corrected chi connectivity index (χ0v) is 12.2. The van der Waals surface area contributed by atoms with Crippen LogP contribution in [0.4, 0.5) is 0 Å². The van der Waals surface area contributed by atoms with Crippen LogP contribution in [0.3, 0.4) is 0 Å². The lowest BCUT2D eigenvalue weighted by Crippen LogP contribution is -2.69. The summed E-state index contributed by atoms with van der Waals surface area (Å²) in [6.07, 6.45) is 4.09. The first-order valence-electron chi connectivity index (χ1n) is 7.29. The Labute approximate surface area is 119 Å². The van der Waals surface area contributed by atoms with Crippen LogP contribution in [0.5, 0.6) is 0 Å². The van der Waals surface area contributed by atoms with E-state index in [1.807, 2.05) is 0 Å². The number of nitrogens with one attached hydrogen (secondary N) is 2. The van der Waals surface area contributed by atoms with E-state index in [1.54, 1.807) is 0 Å². The minimum absolute atomic E-state index is 0.105. The first-order chi connectivity index (χ1) is 9.16. The second-order valence-corrected chi connectivity index (χ2v) is 6.33. The van der Waals surface area contributed by atoms with Gasteiger partial charge >= 0.3 is 0 Å². The molecule has 0 bridgehead atoms. The smallest absolute Gasteiger partial charge is 0.150 e. The van der Waals surface area contributed by atoms with Crippen LogP contribution >= 0.6 is 11.6 Å². The number of carbonyl (C=O) groups excluding carboxylic acids is 1. The van der Waals surface area contributed by atoms with Gasteiger partial charge in [0.15, 0.2) is 0 Å². The van der Waals surface area contributed by atoms with Gasteiger partial charge in [0.25, 0.3) is 0 Å². The van der Waals surface area contributed by atoms with Crippen LogP contribution in [-0.4, -0.2) is 66.1 Å². The standard InChI is InChI=1S/C13H23ClN4O/c1-17-6-3-7-18(9-4-2-5-11(9)19)12-10(17)8-15-13(14)16-12/h9-10,12-13,15-16H,2-8H2,1H3. The lowest BCUT2D eigenvalue weighted by molar-refractivity contribution is -0.123. The molecule has 3 aliphatic rings. The Morgan fingerprint density at radius 3 is 2.89 bits per heavy atom. The summed E-state index contributed by atoms with van der Waals surface area (Å²) in [6, 6.07) is 0.486. The van der Waals surface area contributed by atoms with E-state index in [9.17, 15) is 4.79 Å². The van der Waals surface area contributed by atoms with Crippen LogP contribution < -0.4 is 10.6 Å². The van der Waals surface area contributed by atoms with Crippen LogP contribution in [0.2, 0.25) is 0 Å². The number of hydrogen-bond donors (Lipinski definition) is 2. The highest BCUT2D eigenvalue weighted by Crippen LogP contribution is 2.26. The Hall–Kier alpha value is -0.200. The van der Waals surface area contributed by atoms with E-state index in [0.29, 0.717) is 11.8 Å². The molecule has 0 aromatic heterocycles. The van der Waals surface area contributed by atoms with Gasteiger partial charge in [0, 0.05) is 19.5 Å². The molecule has 3 rings (SSSR count). The zero-order chi connectivity index (χ0) is 13.4. The molecule has 3 fully saturated rings. The summed E-state index contributed by atoms with van der Waals surface area (Å²) in [5.41, 5.74) is -0.202. The monoisotopic (exact) mass is 286 g/mol. The predicted molar refractivity (Wildman–Crippen MR) is 75.0 cm³/mol. The van der Waals surface area contributed by atoms with E-state index < -0.39 is 0 Å². The number of halogens is 1. The number of fused-ring (bicyclic) bond motifs is 1. The summed E-state index contributed by atoms with van der Waals surface area (Å²) in [5.74, 6) is 0.412. The molecule has 108 valence electrons. The van der Waals surface area contributed by atoms with Gasteiger partial charge in [-0.2, -0.15) is 0 Å². The molecule has 2 saturated heterocycles. The Bertz CT molecular complexity index is 354. The van der Waals surface area contributed by atoms with Crippen molar-refractivity contribution in [2.45, 2.75) is 49.6 Å². The molecule has 0 aromatic carbocycles. The number of hydrogen-bond acceptors (Lipinski definition) is 5. The Kier molecular flexibility index (Phi) is 4.10. The van der Waals surface area contributed by atoms with Gasteiger partial charge in [0.05, 0.1) is 18.2 Å². The van der Waals surface area contributed by atoms with E-state index in [-0.39, 0.29) is 17.8 Å². The van der Waals surface area contributed by atoms with Gasteiger partial charge < -0.3 is 0 Å². The molecule has 0 spiro atoms. The van der Waals surface area contributed by atoms with Crippen molar-refractivity contribution in [2.24, 2.45) is 0 Å². The van der Waals surface area contributed by atoms with Crippen molar-refractivity contribution in [3.05, 3.63) is 0 Å². The van der Waals surface area contributed by atoms with Gasteiger partial charge in [-0.05, 0) is 32.9 Å². The maximum absolute atomic E-state index is 12.1. The normalized spacial score (nSPS) is 42.1. The largest absolute Gasteiger partial charge is 0.299 e. The van der Waals surface area contributed by atoms with Crippen molar-refractivity contribution in [3.8, 4) is 0 Å². The van der Waals surface area contributed by atoms with E-state index in [2.05, 4.69) is 27.5 Å². The Morgan fingerprint density at radius 1 is 1.32 bits per heavy atom. The van der Waals surface area contributed by atoms with E-state index in [1.165, 1.54) is 0 Å². The quantitative estimate of drug-likeness (QED) is 0.531. The third kappa shape index (κ3) is 2.67. The van der Waals surface area contributed by atoms with Crippen LogP contribution in [0, 0.1) is 0 Å². The number of alkyl halides is 1. The zero-order valence-electron chi connectivity index (χ0n) is 11.4. The molecule has 2 aliphatic heterocycles. The van der Waals surface area contributed by atoms with E-state index >= 15 is 0 Å². The van der Waals surface area contributed by atoms with Crippen LogP contribution in [0.1, 0.15) is 25.7 Å². The number of rotatable bonds is 1. The molecule has 0 radical (unpaired) electrons. The average Bonchev–Trinajstić information content (AvgIpc) is 2.73. The number of likely N-dealkylation sites (N-methyl/N-ethyl adjacent to an activating group) is 1. The molecular formula is C13H23ClN4O. The summed E-state index contributed by atoms with van der Waals surface area (Å²) < 4.78 is 0. The van der Waals surface area contributed by atoms with Crippen LogP contribution in [0.15, 0.2) is 0 Å². The summed E-state index contributed by atoms with van der Waals surface area (Å²) >= 11 is 6.19. The van der Waals surface area contributed by atoms with E-state index in [0.717, 1.165) is 45.3 Å². The van der Waals surface area contributed by atoms with Crippen molar-refractivity contribution < 1.29 is 4.79 Å². The number of nitrogens with zero attached hydrogens (tertiary/aromatic N) is 2. The second-order valence-electron chi connectivity index (χ2n) is 5.90. The third-order valence-corrected chi connectivity index (χ3v) is 4.99. The molecule has 0 amide bonds. The second kappa shape index (κ2) is 5.66. The molecule has 4 unspecified atom stereocenters. The van der Waals surface area contributed by atoms with Gasteiger partial charge in [0.2, 0.25) is 0 Å². The molecule has 5 nitrogen and oxygen atoms in total. The highest BCUT2D eigenvalue weighted by atomic mass is 35.5. The molecule has 19 heavy (non-hydrogen) atoms. The number of Topliss-reactive ketones (excluding diaryl/α,β-unsaturated/α-hetero) is 1. The Morgan fingerprint density at radius 2 is 2.16 bits per heavy atom. The van der Waals surface area contributed by atoms with Gasteiger partial charge in [0.1, 0.15) is 11.4 Å². The van der Waals surface area contributed by atoms with Gasteiger partial charge in [-0.25, -0.2) is 0 Å². The molecule has 4 atom stereocenters. The lowest BCUT2D eigenvalue weighted by Gasteiger charge is -2.45. The summed E-state index contributed by atoms with van der Waals surface area (Å²) in [4.78, 5) is 16.8. The molecule has 1 saturated carbocycles. The highest BCUT2D eigenvalue weighted by molar-refractivity contribution is 6.20. The van der Waals surface area contributed by atoms with Crippen molar-refractivity contribution in [3.63, 3.8) is 0 Å². The maximum atomic E-state index is 12.1. The molecule has 0 aromatic rings. The Balaban J connectivity index is 1.82. The van der Waals surface area contributed by atoms with E-state index in [4.69, 9.17) is 11.6 Å². The summed E-state index contributed by atoms with van der Waals surface area (Å²) in [5, 5.41) is 6.69. The number of carbonyl (C=O) groups is 1. The van der Waals surface area contributed by atoms with Crippen LogP contribution in [0.25, 0.3) is 0 Å². The lowest BCUT2D eigenvalue weighted by atomic mass is 10.1. The van der Waals surface area contributed by atoms with Crippen molar-refractivity contribution >= 4 is 17.4 Å². The minimum atomic E-state index is -0.202. The molecule has 1 aliphatic carbocycles. The number of ketones is 1. The average molecular weight is 287 g/mol. The molecule has 2 N–H and O–H groups in total. The highest BCUT2D eigenvalue weighted by Gasteiger charge is 2.42. The fraction of sp³-hybridized carbons (Fsp3) is 0.923. The van der Waals surface area contributed by atoms with Crippen molar-refractivity contribution in [1.82, 2.24) is 20.4 Å². The van der Waals surface area contributed by atoms with Gasteiger partial charge in [-0.3, -0.25) is 25.2 Å². The van der Waals surface area contributed by atoms with Crippen LogP contribution in [-0.2, 0) is 4.79 Å². The fourth-order valence-electron chi connectivity index (χ4n) is 3.67. The van der Waals surface area contributed by atoms with Crippen molar-refractivity contribution in [1.29, 1.82) is 0 Å². The van der Waals surface area contributed by atoms with Crippen molar-refractivity contribution in [2.75, 3.05) is 26.7 Å². The topological polar surface area (TPSA) is 47.6 Å². The minimum Gasteiger partial charge on any atom is -0.299 e. The molecule has 6 heteroatoms.